The van der Waals surface area contributed by atoms with Crippen molar-refractivity contribution < 1.29 is 13.9 Å². The fourth-order valence-corrected chi connectivity index (χ4v) is 2.60. The molecule has 0 aromatic heterocycles. The second kappa shape index (κ2) is 18.4. The average Bonchev–Trinajstić information content (AvgIpc) is 2.51. The monoisotopic (exact) mass is 328 g/mol. The normalized spacial score (nSPS) is 11.3. The van der Waals surface area contributed by atoms with Crippen molar-refractivity contribution in [2.24, 2.45) is 0 Å². The van der Waals surface area contributed by atoms with Gasteiger partial charge >= 0.3 is 14.7 Å². The van der Waals surface area contributed by atoms with Crippen LogP contribution in [0.3, 0.4) is 0 Å². The molecule has 3 nitrogen and oxygen atoms in total. The van der Waals surface area contributed by atoms with Crippen molar-refractivity contribution in [2.45, 2.75) is 96.8 Å². The quantitative estimate of drug-likeness (QED) is 0.178. The molecule has 0 saturated heterocycles. The number of hydrogen-bond acceptors (Lipinski definition) is 3. The standard InChI is InChI=1S/C18H33O3P/c1-2-3-4-5-6-7-8-9-10-11-12-13-14-15-16-17-18(19)21-22-20/h9-10H,2-8,11-17H2,1H3/b10-9-. The molecule has 0 aromatic rings. The summed E-state index contributed by atoms with van der Waals surface area (Å²) < 4.78 is 14.4. The van der Waals surface area contributed by atoms with Crippen molar-refractivity contribution in [3.8, 4) is 0 Å². The van der Waals surface area contributed by atoms with Gasteiger partial charge in [0.1, 0.15) is 0 Å². The van der Waals surface area contributed by atoms with E-state index in [0.29, 0.717) is 6.42 Å². The van der Waals surface area contributed by atoms with E-state index in [1.807, 2.05) is 0 Å². The molecule has 0 bridgehead atoms. The van der Waals surface area contributed by atoms with E-state index >= 15 is 0 Å². The molecule has 0 fully saturated rings. The number of carbonyl (C=O) groups excluding carboxylic acids is 1. The highest BCUT2D eigenvalue weighted by Gasteiger charge is 2.01. The van der Waals surface area contributed by atoms with Crippen LogP contribution in [0.5, 0.6) is 0 Å². The van der Waals surface area contributed by atoms with Gasteiger partial charge in [0, 0.05) is 6.42 Å². The Morgan fingerprint density at radius 3 is 1.86 bits per heavy atom. The highest BCUT2D eigenvalue weighted by Crippen LogP contribution is 2.10. The van der Waals surface area contributed by atoms with E-state index in [1.54, 1.807) is 0 Å². The third-order valence-electron chi connectivity index (χ3n) is 3.78. The Balaban J connectivity index is 3.14. The van der Waals surface area contributed by atoms with E-state index in [9.17, 15) is 9.36 Å². The highest BCUT2D eigenvalue weighted by atomic mass is 31.1. The van der Waals surface area contributed by atoms with Crippen LogP contribution in [0.2, 0.25) is 0 Å². The van der Waals surface area contributed by atoms with Gasteiger partial charge in [-0.15, -0.1) is 0 Å². The second-order valence-electron chi connectivity index (χ2n) is 5.87. The molecule has 0 saturated carbocycles. The lowest BCUT2D eigenvalue weighted by molar-refractivity contribution is -0.133. The molecule has 0 aromatic carbocycles. The molecule has 0 amide bonds. The molecule has 0 unspecified atom stereocenters. The molecule has 0 radical (unpaired) electrons. The molecular weight excluding hydrogens is 295 g/mol. The number of hydrogen-bond donors (Lipinski definition) is 0. The lowest BCUT2D eigenvalue weighted by Gasteiger charge is -1.99. The molecule has 0 heterocycles. The maximum absolute atomic E-state index is 10.9. The number of carbonyl (C=O) groups is 1. The zero-order valence-corrected chi connectivity index (χ0v) is 15.1. The van der Waals surface area contributed by atoms with Crippen LogP contribution in [0.15, 0.2) is 12.2 Å². The van der Waals surface area contributed by atoms with Crippen LogP contribution < -0.4 is 0 Å². The topological polar surface area (TPSA) is 43.4 Å². The molecule has 0 aliphatic heterocycles. The van der Waals surface area contributed by atoms with Crippen LogP contribution in [0.25, 0.3) is 0 Å². The number of rotatable bonds is 16. The summed E-state index contributed by atoms with van der Waals surface area (Å²) in [4.78, 5) is 10.9. The van der Waals surface area contributed by atoms with Crippen LogP contribution in [-0.4, -0.2) is 5.97 Å². The first-order valence-corrected chi connectivity index (χ1v) is 9.71. The summed E-state index contributed by atoms with van der Waals surface area (Å²) in [6, 6.07) is 0. The van der Waals surface area contributed by atoms with E-state index < -0.39 is 8.69 Å². The maximum Gasteiger partial charge on any atom is 0.398 e. The van der Waals surface area contributed by atoms with Crippen molar-refractivity contribution in [1.82, 2.24) is 0 Å². The van der Waals surface area contributed by atoms with Gasteiger partial charge in [0.2, 0.25) is 0 Å². The molecule has 0 aliphatic rings. The van der Waals surface area contributed by atoms with Crippen LogP contribution in [0.1, 0.15) is 96.8 Å². The minimum atomic E-state index is -0.534. The third-order valence-corrected chi connectivity index (χ3v) is 4.06. The Kier molecular flexibility index (Phi) is 17.8. The first kappa shape index (κ1) is 21.3. The Hall–Kier alpha value is -0.690. The predicted octanol–water partition coefficient (Wildman–Crippen LogP) is 6.77. The van der Waals surface area contributed by atoms with Crippen LogP contribution in [0, 0.1) is 0 Å². The van der Waals surface area contributed by atoms with Gasteiger partial charge in [-0.05, 0) is 32.1 Å². The molecule has 128 valence electrons. The molecule has 0 aliphatic carbocycles. The van der Waals surface area contributed by atoms with E-state index in [1.165, 1.54) is 64.2 Å². The molecular formula is C18H33O3P. The molecule has 4 heteroatoms. The van der Waals surface area contributed by atoms with E-state index in [-0.39, 0.29) is 5.97 Å². The molecule has 0 rings (SSSR count). The van der Waals surface area contributed by atoms with Crippen LogP contribution in [-0.2, 0) is 13.9 Å². The molecule has 22 heavy (non-hydrogen) atoms. The van der Waals surface area contributed by atoms with Gasteiger partial charge in [0.25, 0.3) is 0 Å². The SMILES string of the molecule is CCCCCCCC/C=C\CCCCCCCC(=O)OP=O. The van der Waals surface area contributed by atoms with E-state index in [0.717, 1.165) is 19.3 Å². The molecule has 0 N–H and O–H groups in total. The summed E-state index contributed by atoms with van der Waals surface area (Å²) in [6.07, 6.45) is 21.1. The van der Waals surface area contributed by atoms with Crippen LogP contribution >= 0.6 is 8.69 Å². The summed E-state index contributed by atoms with van der Waals surface area (Å²) in [5.74, 6) is -0.366. The van der Waals surface area contributed by atoms with Crippen molar-refractivity contribution in [3.05, 3.63) is 12.2 Å². The Bertz CT molecular complexity index is 290. The minimum Gasteiger partial charge on any atom is -0.373 e. The minimum absolute atomic E-state index is 0.366. The largest absolute Gasteiger partial charge is 0.398 e. The molecule has 0 atom stereocenters. The summed E-state index contributed by atoms with van der Waals surface area (Å²) >= 11 is 0. The fraction of sp³-hybridized carbons (Fsp3) is 0.833. The van der Waals surface area contributed by atoms with Crippen molar-refractivity contribution >= 4 is 14.7 Å². The van der Waals surface area contributed by atoms with Gasteiger partial charge in [-0.25, -0.2) is 4.57 Å². The van der Waals surface area contributed by atoms with Crippen molar-refractivity contribution in [2.75, 3.05) is 0 Å². The number of unbranched alkanes of at least 4 members (excludes halogenated alkanes) is 11. The first-order chi connectivity index (χ1) is 10.8. The summed E-state index contributed by atoms with van der Waals surface area (Å²) in [5, 5.41) is 0. The Labute approximate surface area is 138 Å². The molecule has 0 spiro atoms. The smallest absolute Gasteiger partial charge is 0.373 e. The second-order valence-corrected chi connectivity index (χ2v) is 6.20. The van der Waals surface area contributed by atoms with Crippen LogP contribution in [0.4, 0.5) is 0 Å². The number of allylic oxidation sites excluding steroid dienone is 2. The first-order valence-electron chi connectivity index (χ1n) is 8.98. The third kappa shape index (κ3) is 17.4. The van der Waals surface area contributed by atoms with E-state index in [2.05, 4.69) is 23.6 Å². The maximum atomic E-state index is 10.9. The van der Waals surface area contributed by atoms with Gasteiger partial charge in [-0.3, -0.25) is 4.79 Å². The van der Waals surface area contributed by atoms with Crippen molar-refractivity contribution in [1.29, 1.82) is 0 Å². The lowest BCUT2D eigenvalue weighted by atomic mass is 10.1. The van der Waals surface area contributed by atoms with Gasteiger partial charge in [-0.2, -0.15) is 0 Å². The highest BCUT2D eigenvalue weighted by molar-refractivity contribution is 7.18. The fourth-order valence-electron chi connectivity index (χ4n) is 2.43. The zero-order valence-electron chi connectivity index (χ0n) is 14.2. The Morgan fingerprint density at radius 2 is 1.32 bits per heavy atom. The lowest BCUT2D eigenvalue weighted by Crippen LogP contribution is -1.95. The summed E-state index contributed by atoms with van der Waals surface area (Å²) in [7, 11) is -0.534. The summed E-state index contributed by atoms with van der Waals surface area (Å²) in [6.45, 7) is 2.26. The Morgan fingerprint density at radius 1 is 0.818 bits per heavy atom. The van der Waals surface area contributed by atoms with Gasteiger partial charge in [0.05, 0.1) is 0 Å². The average molecular weight is 328 g/mol. The van der Waals surface area contributed by atoms with Gasteiger partial charge in [-0.1, -0.05) is 70.4 Å². The van der Waals surface area contributed by atoms with Gasteiger partial charge < -0.3 is 4.52 Å². The van der Waals surface area contributed by atoms with E-state index in [4.69, 9.17) is 0 Å². The van der Waals surface area contributed by atoms with Gasteiger partial charge in [0.15, 0.2) is 0 Å². The predicted molar refractivity (Wildman–Crippen MR) is 93.2 cm³/mol. The van der Waals surface area contributed by atoms with Crippen molar-refractivity contribution in [3.63, 3.8) is 0 Å². The summed E-state index contributed by atoms with van der Waals surface area (Å²) in [5.41, 5.74) is 0. The zero-order chi connectivity index (χ0) is 16.3.